The summed E-state index contributed by atoms with van der Waals surface area (Å²) < 4.78 is 31.2. The summed E-state index contributed by atoms with van der Waals surface area (Å²) in [4.78, 5) is 12.9. The van der Waals surface area contributed by atoms with Crippen molar-refractivity contribution in [3.05, 3.63) is 0 Å². The molecule has 0 aromatic heterocycles. The Morgan fingerprint density at radius 2 is 1.94 bits per heavy atom. The van der Waals surface area contributed by atoms with Gasteiger partial charge in [-0.05, 0) is 20.8 Å². The van der Waals surface area contributed by atoms with Crippen LogP contribution in [0.4, 0.5) is 4.79 Å². The summed E-state index contributed by atoms with van der Waals surface area (Å²) in [5, 5.41) is 0. The van der Waals surface area contributed by atoms with Gasteiger partial charge in [0.2, 0.25) is 0 Å². The first-order valence-corrected chi connectivity index (χ1v) is 7.12. The summed E-state index contributed by atoms with van der Waals surface area (Å²) in [6.07, 6.45) is 5.47. The molecule has 6 nitrogen and oxygen atoms in total. The highest BCUT2D eigenvalue weighted by Gasteiger charge is 2.21. The van der Waals surface area contributed by atoms with Gasteiger partial charge in [-0.3, -0.25) is 9.08 Å². The first kappa shape index (κ1) is 16.7. The number of ether oxygens (including phenoxy) is 1. The van der Waals surface area contributed by atoms with Gasteiger partial charge in [0.05, 0.1) is 19.4 Å². The molecule has 0 N–H and O–H groups in total. The van der Waals surface area contributed by atoms with E-state index < -0.39 is 21.8 Å². The van der Waals surface area contributed by atoms with E-state index in [2.05, 4.69) is 10.1 Å². The van der Waals surface area contributed by atoms with Crippen molar-refractivity contribution in [2.24, 2.45) is 0 Å². The summed E-state index contributed by atoms with van der Waals surface area (Å²) in [6.45, 7) is 5.11. The minimum absolute atomic E-state index is 0.0298. The third kappa shape index (κ3) is 8.84. The van der Waals surface area contributed by atoms with Gasteiger partial charge in [-0.25, -0.2) is 4.79 Å². The van der Waals surface area contributed by atoms with Crippen LogP contribution in [0.2, 0.25) is 0 Å². The van der Waals surface area contributed by atoms with E-state index in [0.717, 1.165) is 6.26 Å². The minimum Gasteiger partial charge on any atom is -0.444 e. The van der Waals surface area contributed by atoms with Crippen LogP contribution in [0.3, 0.4) is 0 Å². The molecular weight excluding hydrogens is 258 g/mol. The highest BCUT2D eigenvalue weighted by Crippen LogP contribution is 2.09. The molecule has 0 aliphatic carbocycles. The second kappa shape index (κ2) is 6.61. The Balaban J connectivity index is 4.40. The maximum absolute atomic E-state index is 11.7. The number of hydrogen-bond acceptors (Lipinski definition) is 5. The van der Waals surface area contributed by atoms with Crippen LogP contribution in [0.1, 0.15) is 20.8 Å². The third-order valence-electron chi connectivity index (χ3n) is 1.59. The van der Waals surface area contributed by atoms with Crippen LogP contribution in [-0.4, -0.2) is 51.0 Å². The van der Waals surface area contributed by atoms with Crippen LogP contribution >= 0.6 is 0 Å². The number of terminal acetylenes is 1. The molecule has 0 saturated heterocycles. The summed E-state index contributed by atoms with van der Waals surface area (Å²) in [5.41, 5.74) is -0.637. The largest absolute Gasteiger partial charge is 0.444 e. The van der Waals surface area contributed by atoms with E-state index in [1.165, 1.54) is 4.90 Å². The lowest BCUT2D eigenvalue weighted by molar-refractivity contribution is 0.0254. The standard InChI is InChI=1S/C11H19NO5S/c1-6-7-12(8-9-16-18(5,14)15)10(13)17-11(2,3)4/h1H,7-9H2,2-5H3. The van der Waals surface area contributed by atoms with Gasteiger partial charge in [0.15, 0.2) is 0 Å². The molecule has 0 fully saturated rings. The van der Waals surface area contributed by atoms with Crippen molar-refractivity contribution < 1.29 is 22.1 Å². The summed E-state index contributed by atoms with van der Waals surface area (Å²) >= 11 is 0. The Hall–Kier alpha value is -1.26. The number of amides is 1. The molecule has 18 heavy (non-hydrogen) atoms. The molecule has 0 atom stereocenters. The number of carbonyl (C=O) groups is 1. The molecule has 1 amide bonds. The van der Waals surface area contributed by atoms with Crippen LogP contribution in [0.5, 0.6) is 0 Å². The van der Waals surface area contributed by atoms with Crippen molar-refractivity contribution in [3.63, 3.8) is 0 Å². The predicted molar refractivity (Wildman–Crippen MR) is 67.4 cm³/mol. The number of carbonyl (C=O) groups excluding carboxylic acids is 1. The second-order valence-electron chi connectivity index (χ2n) is 4.63. The minimum atomic E-state index is -3.53. The van der Waals surface area contributed by atoms with E-state index in [1.54, 1.807) is 20.8 Å². The average Bonchev–Trinajstić information content (AvgIpc) is 2.11. The van der Waals surface area contributed by atoms with Gasteiger partial charge in [-0.1, -0.05) is 5.92 Å². The lowest BCUT2D eigenvalue weighted by Crippen LogP contribution is -2.39. The van der Waals surface area contributed by atoms with Crippen molar-refractivity contribution in [1.29, 1.82) is 0 Å². The molecule has 0 radical (unpaired) electrons. The van der Waals surface area contributed by atoms with Gasteiger partial charge >= 0.3 is 6.09 Å². The molecule has 0 aromatic carbocycles. The molecule has 0 unspecified atom stereocenters. The van der Waals surface area contributed by atoms with Gasteiger partial charge in [0.25, 0.3) is 10.1 Å². The fraction of sp³-hybridized carbons (Fsp3) is 0.727. The molecule has 104 valence electrons. The quantitative estimate of drug-likeness (QED) is 0.550. The van der Waals surface area contributed by atoms with Gasteiger partial charge in [0.1, 0.15) is 5.60 Å². The molecule has 0 heterocycles. The van der Waals surface area contributed by atoms with Crippen LogP contribution in [-0.2, 0) is 19.0 Å². The topological polar surface area (TPSA) is 72.9 Å². The molecule has 7 heteroatoms. The summed E-state index contributed by atoms with van der Waals surface area (Å²) in [7, 11) is -3.53. The molecule has 0 aliphatic heterocycles. The molecule has 0 aromatic rings. The number of nitrogens with zero attached hydrogens (tertiary/aromatic N) is 1. The smallest absolute Gasteiger partial charge is 0.411 e. The lowest BCUT2D eigenvalue weighted by atomic mass is 10.2. The Labute approximate surface area is 108 Å². The van der Waals surface area contributed by atoms with Gasteiger partial charge in [-0.2, -0.15) is 8.42 Å². The van der Waals surface area contributed by atoms with Crippen molar-refractivity contribution in [3.8, 4) is 12.3 Å². The van der Waals surface area contributed by atoms with Gasteiger partial charge in [0, 0.05) is 6.54 Å². The maximum Gasteiger partial charge on any atom is 0.411 e. The van der Waals surface area contributed by atoms with E-state index in [4.69, 9.17) is 11.2 Å². The van der Waals surface area contributed by atoms with E-state index >= 15 is 0 Å². The molecular formula is C11H19NO5S. The lowest BCUT2D eigenvalue weighted by Gasteiger charge is -2.25. The normalized spacial score (nSPS) is 11.7. The molecule has 0 aliphatic rings. The number of rotatable bonds is 5. The zero-order valence-electron chi connectivity index (χ0n) is 11.1. The second-order valence-corrected chi connectivity index (χ2v) is 6.28. The summed E-state index contributed by atoms with van der Waals surface area (Å²) in [5.74, 6) is 2.30. The van der Waals surface area contributed by atoms with E-state index in [9.17, 15) is 13.2 Å². The fourth-order valence-corrected chi connectivity index (χ4v) is 1.35. The number of hydrogen-bond donors (Lipinski definition) is 0. The van der Waals surface area contributed by atoms with Crippen molar-refractivity contribution in [2.45, 2.75) is 26.4 Å². The molecule has 0 spiro atoms. The Morgan fingerprint density at radius 3 is 2.33 bits per heavy atom. The maximum atomic E-state index is 11.7. The van der Waals surface area contributed by atoms with Crippen LogP contribution in [0.15, 0.2) is 0 Å². The van der Waals surface area contributed by atoms with Crippen LogP contribution < -0.4 is 0 Å². The Morgan fingerprint density at radius 1 is 1.39 bits per heavy atom. The predicted octanol–water partition coefficient (Wildman–Crippen LogP) is 0.833. The van der Waals surface area contributed by atoms with Crippen molar-refractivity contribution >= 4 is 16.2 Å². The van der Waals surface area contributed by atoms with E-state index in [0.29, 0.717) is 0 Å². The highest BCUT2D eigenvalue weighted by molar-refractivity contribution is 7.85. The van der Waals surface area contributed by atoms with E-state index in [1.807, 2.05) is 0 Å². The molecule has 0 saturated carbocycles. The SMILES string of the molecule is C#CCN(CCOS(C)(=O)=O)C(=O)OC(C)(C)C. The highest BCUT2D eigenvalue weighted by atomic mass is 32.2. The summed E-state index contributed by atoms with van der Waals surface area (Å²) in [6, 6.07) is 0. The molecule has 0 rings (SSSR count). The molecule has 0 bridgehead atoms. The van der Waals surface area contributed by atoms with Gasteiger partial charge in [-0.15, -0.1) is 6.42 Å². The van der Waals surface area contributed by atoms with Crippen LogP contribution in [0, 0.1) is 12.3 Å². The Kier molecular flexibility index (Phi) is 6.15. The Bertz CT molecular complexity index is 416. The third-order valence-corrected chi connectivity index (χ3v) is 2.19. The zero-order valence-corrected chi connectivity index (χ0v) is 11.9. The fourth-order valence-electron chi connectivity index (χ4n) is 0.970. The van der Waals surface area contributed by atoms with Crippen LogP contribution in [0.25, 0.3) is 0 Å². The first-order chi connectivity index (χ1) is 8.05. The monoisotopic (exact) mass is 277 g/mol. The zero-order chi connectivity index (χ0) is 14.4. The van der Waals surface area contributed by atoms with E-state index in [-0.39, 0.29) is 19.7 Å². The first-order valence-electron chi connectivity index (χ1n) is 5.31. The van der Waals surface area contributed by atoms with Gasteiger partial charge < -0.3 is 4.74 Å². The average molecular weight is 277 g/mol. The van der Waals surface area contributed by atoms with Crippen molar-refractivity contribution in [2.75, 3.05) is 26.0 Å². The van der Waals surface area contributed by atoms with Crippen molar-refractivity contribution in [1.82, 2.24) is 4.90 Å².